The topological polar surface area (TPSA) is 103 Å². The summed E-state index contributed by atoms with van der Waals surface area (Å²) in [4.78, 5) is 9.22. The van der Waals surface area contributed by atoms with Crippen LogP contribution in [0.4, 0.5) is 0 Å². The molecule has 3 heterocycles. The maximum Gasteiger partial charge on any atom is 0.255 e. The van der Waals surface area contributed by atoms with Crippen LogP contribution >= 0.6 is 0 Å². The summed E-state index contributed by atoms with van der Waals surface area (Å²) in [6.07, 6.45) is 14.1. The smallest absolute Gasteiger partial charge is 0.255 e. The summed E-state index contributed by atoms with van der Waals surface area (Å²) in [5.74, 6) is 1.20. The van der Waals surface area contributed by atoms with Gasteiger partial charge in [0.25, 0.3) is 5.70 Å². The van der Waals surface area contributed by atoms with Gasteiger partial charge in [-0.3, -0.25) is 4.98 Å². The Kier molecular flexibility index (Phi) is 6.16. The Hall–Kier alpha value is -4.06. The Morgan fingerprint density at radius 3 is 2.73 bits per heavy atom. The van der Waals surface area contributed by atoms with Crippen molar-refractivity contribution >= 4 is 22.9 Å². The fraction of sp³-hybridized carbons (Fsp3) is 0.429. The number of pyridine rings is 1. The van der Waals surface area contributed by atoms with Crippen LogP contribution in [-0.2, 0) is 0 Å². The van der Waals surface area contributed by atoms with Crippen molar-refractivity contribution in [2.45, 2.75) is 70.6 Å². The first kappa shape index (κ1) is 23.3. The number of allylic oxidation sites excluding steroid dienone is 1. The van der Waals surface area contributed by atoms with Gasteiger partial charge in [-0.25, -0.2) is 4.98 Å². The van der Waals surface area contributed by atoms with E-state index >= 15 is 0 Å². The number of nitrogens with one attached hydrogen (secondary N) is 1. The molecule has 2 aromatic heterocycles. The lowest BCUT2D eigenvalue weighted by molar-refractivity contribution is -0.480. The number of rotatable bonds is 7. The molecule has 6 rings (SSSR count). The van der Waals surface area contributed by atoms with Crippen LogP contribution < -0.4 is 10.1 Å². The van der Waals surface area contributed by atoms with E-state index in [0.29, 0.717) is 12.0 Å². The van der Waals surface area contributed by atoms with Crippen LogP contribution in [0.15, 0.2) is 58.9 Å². The number of aromatic nitrogens is 3. The number of benzene rings is 1. The number of imidazole rings is 1. The molecule has 0 radical (unpaired) electrons. The minimum atomic E-state index is -0.210. The van der Waals surface area contributed by atoms with Gasteiger partial charge >= 0.3 is 0 Å². The van der Waals surface area contributed by atoms with Gasteiger partial charge in [0.15, 0.2) is 11.9 Å². The normalized spacial score (nSPS) is 23.4. The molecule has 1 atom stereocenters. The average Bonchev–Trinajstić information content (AvgIpc) is 3.57. The molecule has 0 amide bonds. The highest BCUT2D eigenvalue weighted by Crippen LogP contribution is 2.42. The van der Waals surface area contributed by atoms with E-state index in [1.54, 1.807) is 6.20 Å². The summed E-state index contributed by atoms with van der Waals surface area (Å²) in [5.41, 5.74) is 5.56. The first-order valence-corrected chi connectivity index (χ1v) is 13.1. The van der Waals surface area contributed by atoms with Crippen molar-refractivity contribution < 1.29 is 9.42 Å². The van der Waals surface area contributed by atoms with Crippen molar-refractivity contribution in [2.75, 3.05) is 0 Å². The van der Waals surface area contributed by atoms with Crippen molar-refractivity contribution in [2.24, 2.45) is 16.3 Å². The zero-order valence-electron chi connectivity index (χ0n) is 21.2. The van der Waals surface area contributed by atoms with Gasteiger partial charge in [0.05, 0.1) is 22.7 Å². The maximum absolute atomic E-state index is 8.88. The molecule has 188 valence electrons. The van der Waals surface area contributed by atoms with Crippen molar-refractivity contribution in [1.82, 2.24) is 19.9 Å². The van der Waals surface area contributed by atoms with Crippen molar-refractivity contribution in [3.8, 4) is 11.9 Å². The highest BCUT2D eigenvalue weighted by atomic mass is 16.5. The molecule has 0 saturated heterocycles. The molecule has 1 aromatic carbocycles. The predicted octanol–water partition coefficient (Wildman–Crippen LogP) is 5.69. The predicted molar refractivity (Wildman–Crippen MR) is 140 cm³/mol. The zero-order valence-corrected chi connectivity index (χ0v) is 21.2. The Balaban J connectivity index is 1.32. The van der Waals surface area contributed by atoms with E-state index in [9.17, 15) is 0 Å². The average molecular weight is 496 g/mol. The van der Waals surface area contributed by atoms with Gasteiger partial charge < -0.3 is 14.6 Å². The minimum absolute atomic E-state index is 0.210. The van der Waals surface area contributed by atoms with Crippen LogP contribution in [0.3, 0.4) is 0 Å². The van der Waals surface area contributed by atoms with Crippen LogP contribution in [0.2, 0.25) is 0 Å². The number of nitrogens with zero attached hydrogens (tertiary/aromatic N) is 7. The van der Waals surface area contributed by atoms with Crippen LogP contribution in [0.1, 0.15) is 75.8 Å². The van der Waals surface area contributed by atoms with Gasteiger partial charge in [0.1, 0.15) is 28.8 Å². The third-order valence-corrected chi connectivity index (χ3v) is 7.58. The lowest BCUT2D eigenvalue weighted by Gasteiger charge is -2.24. The Labute approximate surface area is 216 Å². The molecule has 9 nitrogen and oxygen atoms in total. The molecule has 0 spiro atoms. The summed E-state index contributed by atoms with van der Waals surface area (Å²) in [7, 11) is 0. The second kappa shape index (κ2) is 9.77. The summed E-state index contributed by atoms with van der Waals surface area (Å²) in [5, 5.41) is 20.8. The molecular weight excluding hydrogens is 464 g/mol. The Morgan fingerprint density at radius 2 is 2.00 bits per heavy atom. The van der Waals surface area contributed by atoms with Crippen LogP contribution in [0, 0.1) is 17.4 Å². The van der Waals surface area contributed by atoms with Crippen LogP contribution in [0.25, 0.3) is 16.7 Å². The fourth-order valence-electron chi connectivity index (χ4n) is 5.31. The zero-order chi connectivity index (χ0) is 25.4. The van der Waals surface area contributed by atoms with Gasteiger partial charge in [-0.05, 0) is 69.7 Å². The van der Waals surface area contributed by atoms with Crippen molar-refractivity contribution in [3.05, 3.63) is 59.8 Å². The SMILES string of the molecule is CC1=C(c2cc(O[C@H](C)c3ccccn3)c3c(c2)ncn3C2CC2)N=N/[N+]1=C/C1CCC(NC#N)CC1. The lowest BCUT2D eigenvalue weighted by Crippen LogP contribution is -2.30. The molecule has 3 aliphatic rings. The van der Waals surface area contributed by atoms with Gasteiger partial charge in [-0.2, -0.15) is 5.26 Å². The van der Waals surface area contributed by atoms with E-state index < -0.39 is 0 Å². The first-order chi connectivity index (χ1) is 18.1. The van der Waals surface area contributed by atoms with E-state index in [4.69, 9.17) is 15.0 Å². The summed E-state index contributed by atoms with van der Waals surface area (Å²) >= 11 is 0. The number of ether oxygens (including phenoxy) is 1. The fourth-order valence-corrected chi connectivity index (χ4v) is 5.31. The highest BCUT2D eigenvalue weighted by Gasteiger charge is 2.31. The molecule has 2 fully saturated rings. The number of hydrogen-bond donors (Lipinski definition) is 1. The van der Waals surface area contributed by atoms with E-state index in [2.05, 4.69) is 56.7 Å². The highest BCUT2D eigenvalue weighted by molar-refractivity contribution is 5.87. The molecule has 1 aliphatic heterocycles. The first-order valence-electron chi connectivity index (χ1n) is 13.1. The van der Waals surface area contributed by atoms with E-state index in [1.807, 2.05) is 36.1 Å². The lowest BCUT2D eigenvalue weighted by atomic mass is 9.87. The summed E-state index contributed by atoms with van der Waals surface area (Å²) in [6.45, 7) is 4.08. The third kappa shape index (κ3) is 4.71. The number of nitriles is 1. The van der Waals surface area contributed by atoms with Gasteiger partial charge in [-0.1, -0.05) is 6.07 Å². The molecule has 0 unspecified atom stereocenters. The van der Waals surface area contributed by atoms with Gasteiger partial charge in [0, 0.05) is 36.7 Å². The number of hydrogen-bond acceptors (Lipinski definition) is 7. The van der Waals surface area contributed by atoms with E-state index in [0.717, 1.165) is 65.1 Å². The number of fused-ring (bicyclic) bond motifs is 1. The summed E-state index contributed by atoms with van der Waals surface area (Å²) in [6, 6.07) is 10.8. The van der Waals surface area contributed by atoms with E-state index in [-0.39, 0.29) is 12.1 Å². The maximum atomic E-state index is 8.88. The molecule has 2 aliphatic carbocycles. The van der Waals surface area contributed by atoms with Crippen LogP contribution in [-0.4, -0.2) is 31.5 Å². The van der Waals surface area contributed by atoms with Gasteiger partial charge in [0.2, 0.25) is 0 Å². The van der Waals surface area contributed by atoms with Gasteiger partial charge in [-0.15, -0.1) is 4.68 Å². The second-order valence-corrected chi connectivity index (χ2v) is 10.2. The quantitative estimate of drug-likeness (QED) is 0.258. The minimum Gasteiger partial charge on any atom is -0.482 e. The molecule has 3 aromatic rings. The van der Waals surface area contributed by atoms with Crippen molar-refractivity contribution in [3.63, 3.8) is 0 Å². The molecule has 0 bridgehead atoms. The molecule has 37 heavy (non-hydrogen) atoms. The summed E-state index contributed by atoms with van der Waals surface area (Å²) < 4.78 is 10.7. The largest absolute Gasteiger partial charge is 0.482 e. The molecule has 2 saturated carbocycles. The standard InChI is InChI=1S/C28H31N8O/c1-18-27(33-34-36(18)15-20-6-8-22(9-7-20)31-16-29)21-13-25-28(35(17-32-25)23-10-11-23)26(14-21)37-19(2)24-5-3-4-12-30-24/h3-5,12-15,17,19-20,22-23,31H,6-11H2,1-2H3/q+1/b36-15+/t19-,20?,22?/m1/s1. The molecular formula is C28H31N8O+. The second-order valence-electron chi connectivity index (χ2n) is 10.2. The molecule has 1 N–H and O–H groups in total. The van der Waals surface area contributed by atoms with E-state index in [1.165, 1.54) is 12.8 Å². The van der Waals surface area contributed by atoms with Crippen molar-refractivity contribution in [1.29, 1.82) is 5.26 Å². The third-order valence-electron chi connectivity index (χ3n) is 7.58. The Bertz CT molecular complexity index is 1440. The van der Waals surface area contributed by atoms with Crippen LogP contribution in [0.5, 0.6) is 5.75 Å². The monoisotopic (exact) mass is 495 g/mol. The Morgan fingerprint density at radius 1 is 1.16 bits per heavy atom. The molecule has 9 heteroatoms.